The van der Waals surface area contributed by atoms with Gasteiger partial charge in [0.25, 0.3) is 0 Å². The summed E-state index contributed by atoms with van der Waals surface area (Å²) in [5.74, 6) is 1.22. The number of carbonyl (C=O) groups excluding carboxylic acids is 2. The number of carbonyl (C=O) groups is 2. The average molecular weight is 168 g/mol. The number of rotatable bonds is 1. The summed E-state index contributed by atoms with van der Waals surface area (Å²) in [5, 5.41) is 0. The zero-order valence-corrected chi connectivity index (χ0v) is 7.46. The van der Waals surface area contributed by atoms with Crippen LogP contribution in [0.2, 0.25) is 0 Å². The summed E-state index contributed by atoms with van der Waals surface area (Å²) in [4.78, 5) is 18.9. The molecule has 0 spiro atoms. The van der Waals surface area contributed by atoms with Gasteiger partial charge in [-0.25, -0.2) is 0 Å². The summed E-state index contributed by atoms with van der Waals surface area (Å²) in [7, 11) is 0. The Morgan fingerprint density at radius 3 is 2.00 bits per heavy atom. The Balaban J connectivity index is 0.000000354. The van der Waals surface area contributed by atoms with E-state index in [2.05, 4.69) is 0 Å². The summed E-state index contributed by atoms with van der Waals surface area (Å²) >= 11 is 0. The Morgan fingerprint density at radius 1 is 1.33 bits per heavy atom. The highest BCUT2D eigenvalue weighted by atomic mass is 16.3. The molecule has 0 unspecified atom stereocenters. The van der Waals surface area contributed by atoms with Crippen LogP contribution in [0.15, 0.2) is 10.5 Å². The van der Waals surface area contributed by atoms with E-state index >= 15 is 0 Å². The van der Waals surface area contributed by atoms with Crippen LogP contribution in [0.3, 0.4) is 0 Å². The summed E-state index contributed by atoms with van der Waals surface area (Å²) in [5.41, 5.74) is 1.03. The second-order valence-electron chi connectivity index (χ2n) is 2.24. The third kappa shape index (κ3) is 3.14. The van der Waals surface area contributed by atoms with Crippen LogP contribution in [0.5, 0.6) is 0 Å². The maximum Gasteiger partial charge on any atom is 0.185 e. The fourth-order valence-corrected chi connectivity index (χ4v) is 0.660. The highest BCUT2D eigenvalue weighted by Crippen LogP contribution is 2.10. The predicted molar refractivity (Wildman–Crippen MR) is 45.3 cm³/mol. The summed E-state index contributed by atoms with van der Waals surface area (Å²) in [6, 6.07) is 1.72. The zero-order chi connectivity index (χ0) is 9.56. The first-order chi connectivity index (χ1) is 5.65. The van der Waals surface area contributed by atoms with E-state index in [9.17, 15) is 4.79 Å². The summed E-state index contributed by atoms with van der Waals surface area (Å²) in [6.45, 7) is 5.19. The molecule has 0 aliphatic carbocycles. The second-order valence-corrected chi connectivity index (χ2v) is 2.24. The van der Waals surface area contributed by atoms with Crippen molar-refractivity contribution in [3.8, 4) is 0 Å². The lowest BCUT2D eigenvalue weighted by atomic mass is 10.3. The van der Waals surface area contributed by atoms with E-state index in [1.165, 1.54) is 6.92 Å². The molecule has 0 radical (unpaired) electrons. The second kappa shape index (κ2) is 5.29. The van der Waals surface area contributed by atoms with E-state index in [0.29, 0.717) is 12.0 Å². The van der Waals surface area contributed by atoms with Gasteiger partial charge in [0.1, 0.15) is 12.0 Å². The molecule has 0 aliphatic heterocycles. The Kier molecular flexibility index (Phi) is 4.69. The Labute approximate surface area is 71.4 Å². The van der Waals surface area contributed by atoms with Gasteiger partial charge >= 0.3 is 0 Å². The summed E-state index contributed by atoms with van der Waals surface area (Å²) < 4.78 is 5.00. The lowest BCUT2D eigenvalue weighted by molar-refractivity contribution is -0.106. The molecular weight excluding hydrogens is 156 g/mol. The molecule has 1 rings (SSSR count). The first-order valence-corrected chi connectivity index (χ1v) is 3.57. The van der Waals surface area contributed by atoms with E-state index in [1.54, 1.807) is 6.07 Å². The SMILES string of the molecule is CC=O.Cc1cc(C=O)oc1C. The maximum absolute atomic E-state index is 10.1. The minimum atomic E-state index is 0.407. The van der Waals surface area contributed by atoms with E-state index in [-0.39, 0.29) is 0 Å². The molecule has 0 saturated carbocycles. The van der Waals surface area contributed by atoms with E-state index in [0.717, 1.165) is 17.6 Å². The molecule has 3 heteroatoms. The van der Waals surface area contributed by atoms with Gasteiger partial charge in [-0.15, -0.1) is 0 Å². The molecule has 0 aliphatic rings. The van der Waals surface area contributed by atoms with Crippen molar-refractivity contribution in [2.24, 2.45) is 0 Å². The van der Waals surface area contributed by atoms with Crippen molar-refractivity contribution >= 4 is 12.6 Å². The van der Waals surface area contributed by atoms with Crippen molar-refractivity contribution in [1.29, 1.82) is 0 Å². The quantitative estimate of drug-likeness (QED) is 0.602. The highest BCUT2D eigenvalue weighted by Gasteiger charge is 1.99. The Morgan fingerprint density at radius 2 is 1.83 bits per heavy atom. The summed E-state index contributed by atoms with van der Waals surface area (Å²) in [6.07, 6.45) is 1.46. The average Bonchev–Trinajstić information content (AvgIpc) is 2.33. The smallest absolute Gasteiger partial charge is 0.185 e. The van der Waals surface area contributed by atoms with Crippen molar-refractivity contribution < 1.29 is 14.0 Å². The van der Waals surface area contributed by atoms with Gasteiger partial charge in [0, 0.05) is 0 Å². The van der Waals surface area contributed by atoms with Crippen LogP contribution < -0.4 is 0 Å². The fraction of sp³-hybridized carbons (Fsp3) is 0.333. The number of aldehydes is 2. The molecule has 1 aromatic rings. The molecule has 0 saturated heterocycles. The number of hydrogen-bond donors (Lipinski definition) is 0. The topological polar surface area (TPSA) is 47.3 Å². The largest absolute Gasteiger partial charge is 0.458 e. The minimum Gasteiger partial charge on any atom is -0.458 e. The molecule has 0 N–H and O–H groups in total. The lowest BCUT2D eigenvalue weighted by Crippen LogP contribution is -1.66. The van der Waals surface area contributed by atoms with Crippen molar-refractivity contribution in [3.05, 3.63) is 23.2 Å². The predicted octanol–water partition coefficient (Wildman–Crippen LogP) is 1.91. The molecule has 66 valence electrons. The van der Waals surface area contributed by atoms with Crippen molar-refractivity contribution in [2.75, 3.05) is 0 Å². The Bertz CT molecular complexity index is 241. The van der Waals surface area contributed by atoms with Crippen LogP contribution in [0.4, 0.5) is 0 Å². The number of aryl methyl sites for hydroxylation is 2. The van der Waals surface area contributed by atoms with Gasteiger partial charge in [0.15, 0.2) is 12.0 Å². The van der Waals surface area contributed by atoms with Gasteiger partial charge in [0.05, 0.1) is 0 Å². The van der Waals surface area contributed by atoms with Crippen LogP contribution in [0.25, 0.3) is 0 Å². The van der Waals surface area contributed by atoms with Crippen LogP contribution >= 0.6 is 0 Å². The molecule has 1 aromatic heterocycles. The van der Waals surface area contributed by atoms with Crippen LogP contribution in [-0.4, -0.2) is 12.6 Å². The molecule has 0 fully saturated rings. The minimum absolute atomic E-state index is 0.407. The van der Waals surface area contributed by atoms with Crippen molar-refractivity contribution in [2.45, 2.75) is 20.8 Å². The van der Waals surface area contributed by atoms with Crippen LogP contribution in [0, 0.1) is 13.8 Å². The monoisotopic (exact) mass is 168 g/mol. The molecular formula is C9H12O3. The standard InChI is InChI=1S/C7H8O2.C2H4O/c1-5-3-7(4-8)9-6(5)2;1-2-3/h3-4H,1-2H3;2H,1H3. The van der Waals surface area contributed by atoms with E-state index in [4.69, 9.17) is 9.21 Å². The van der Waals surface area contributed by atoms with Crippen molar-refractivity contribution in [1.82, 2.24) is 0 Å². The molecule has 0 aromatic carbocycles. The van der Waals surface area contributed by atoms with Crippen molar-refractivity contribution in [3.63, 3.8) is 0 Å². The molecule has 1 heterocycles. The van der Waals surface area contributed by atoms with Gasteiger partial charge in [-0.3, -0.25) is 4.79 Å². The fourth-order valence-electron chi connectivity index (χ4n) is 0.660. The number of furan rings is 1. The molecule has 0 bridgehead atoms. The van der Waals surface area contributed by atoms with E-state index < -0.39 is 0 Å². The highest BCUT2D eigenvalue weighted by molar-refractivity contribution is 5.70. The molecule has 0 amide bonds. The first-order valence-electron chi connectivity index (χ1n) is 3.57. The van der Waals surface area contributed by atoms with E-state index in [1.807, 2.05) is 13.8 Å². The third-order valence-corrected chi connectivity index (χ3v) is 1.30. The first kappa shape index (κ1) is 10.6. The van der Waals surface area contributed by atoms with Gasteiger partial charge in [-0.2, -0.15) is 0 Å². The van der Waals surface area contributed by atoms with Gasteiger partial charge in [-0.1, -0.05) is 0 Å². The Hall–Kier alpha value is -1.38. The van der Waals surface area contributed by atoms with Gasteiger partial charge in [0.2, 0.25) is 0 Å². The maximum atomic E-state index is 10.1. The molecule has 0 atom stereocenters. The van der Waals surface area contributed by atoms with Gasteiger partial charge < -0.3 is 9.21 Å². The van der Waals surface area contributed by atoms with Crippen LogP contribution in [0.1, 0.15) is 28.8 Å². The zero-order valence-electron chi connectivity index (χ0n) is 7.46. The van der Waals surface area contributed by atoms with Gasteiger partial charge in [-0.05, 0) is 32.4 Å². The molecule has 12 heavy (non-hydrogen) atoms. The third-order valence-electron chi connectivity index (χ3n) is 1.30. The lowest BCUT2D eigenvalue weighted by Gasteiger charge is -1.80. The normalized spacial score (nSPS) is 8.25. The van der Waals surface area contributed by atoms with Crippen LogP contribution in [-0.2, 0) is 4.79 Å². The molecule has 3 nitrogen and oxygen atoms in total. The number of hydrogen-bond acceptors (Lipinski definition) is 3.